The molecule has 2 aromatic rings. The van der Waals surface area contributed by atoms with Gasteiger partial charge in [-0.3, -0.25) is 19.5 Å². The minimum absolute atomic E-state index is 0.255. The molecule has 2 N–H and O–H groups in total. The summed E-state index contributed by atoms with van der Waals surface area (Å²) in [5, 5.41) is 5.36. The van der Waals surface area contributed by atoms with Crippen LogP contribution < -0.4 is 16.2 Å². The van der Waals surface area contributed by atoms with E-state index in [2.05, 4.69) is 21.7 Å². The fraction of sp³-hybridized carbons (Fsp3) is 0.368. The maximum absolute atomic E-state index is 12.3. The number of carbonyl (C=O) groups excluding carboxylic acids is 2. The summed E-state index contributed by atoms with van der Waals surface area (Å²) in [6.07, 6.45) is 8.97. The molecule has 0 atom stereocenters. The van der Waals surface area contributed by atoms with Gasteiger partial charge in [0.15, 0.2) is 0 Å². The normalized spacial score (nSPS) is 13.9. The summed E-state index contributed by atoms with van der Waals surface area (Å²) in [4.78, 5) is 40.3. The van der Waals surface area contributed by atoms with E-state index in [0.717, 1.165) is 19.3 Å². The van der Waals surface area contributed by atoms with E-state index in [-0.39, 0.29) is 12.1 Å². The van der Waals surface area contributed by atoms with Crippen molar-refractivity contribution in [3.05, 3.63) is 52.6 Å². The van der Waals surface area contributed by atoms with Crippen LogP contribution in [0.5, 0.6) is 0 Å². The number of hydrogen-bond acceptors (Lipinski definition) is 4. The molecule has 0 spiro atoms. The zero-order chi connectivity index (χ0) is 18.4. The summed E-state index contributed by atoms with van der Waals surface area (Å²) in [5.74, 6) is -0.557. The third kappa shape index (κ3) is 4.56. The lowest BCUT2D eigenvalue weighted by Crippen LogP contribution is -2.42. The fourth-order valence-corrected chi connectivity index (χ4v) is 3.05. The molecule has 3 rings (SSSR count). The van der Waals surface area contributed by atoms with Crippen LogP contribution in [0.4, 0.5) is 4.79 Å². The second-order valence-corrected chi connectivity index (χ2v) is 6.36. The number of urea groups is 1. The van der Waals surface area contributed by atoms with E-state index < -0.39 is 11.9 Å². The molecular weight excluding hydrogens is 332 g/mol. The van der Waals surface area contributed by atoms with Crippen LogP contribution >= 0.6 is 0 Å². The molecule has 0 aliphatic heterocycles. The largest absolute Gasteiger partial charge is 0.337 e. The van der Waals surface area contributed by atoms with Crippen molar-refractivity contribution in [2.24, 2.45) is 0 Å². The van der Waals surface area contributed by atoms with Crippen LogP contribution in [0.2, 0.25) is 0 Å². The molecule has 7 nitrogen and oxygen atoms in total. The number of fused-ring (bicyclic) bond motifs is 1. The molecule has 0 saturated heterocycles. The maximum atomic E-state index is 12.3. The van der Waals surface area contributed by atoms with Crippen LogP contribution in [0.3, 0.4) is 0 Å². The first-order valence-electron chi connectivity index (χ1n) is 8.83. The highest BCUT2D eigenvalue weighted by molar-refractivity contribution is 5.94. The Morgan fingerprint density at radius 1 is 1.19 bits per heavy atom. The first-order valence-corrected chi connectivity index (χ1v) is 8.83. The number of imide groups is 1. The maximum Gasteiger partial charge on any atom is 0.321 e. The molecule has 0 bridgehead atoms. The first kappa shape index (κ1) is 17.8. The van der Waals surface area contributed by atoms with Crippen LogP contribution in [0.15, 0.2) is 47.0 Å². The Kier molecular flexibility index (Phi) is 5.78. The van der Waals surface area contributed by atoms with Crippen molar-refractivity contribution in [3.8, 4) is 0 Å². The van der Waals surface area contributed by atoms with Gasteiger partial charge in [0.25, 0.3) is 5.56 Å². The number of rotatable bonds is 5. The molecule has 1 aliphatic carbocycles. The smallest absolute Gasteiger partial charge is 0.321 e. The van der Waals surface area contributed by atoms with E-state index >= 15 is 0 Å². The lowest BCUT2D eigenvalue weighted by atomic mass is 9.97. The monoisotopic (exact) mass is 354 g/mol. The number of benzene rings is 1. The van der Waals surface area contributed by atoms with E-state index in [1.165, 1.54) is 29.3 Å². The number of carbonyl (C=O) groups is 2. The van der Waals surface area contributed by atoms with Gasteiger partial charge in [-0.05, 0) is 44.2 Å². The number of aromatic nitrogens is 2. The molecule has 1 aromatic heterocycles. The van der Waals surface area contributed by atoms with Crippen molar-refractivity contribution in [1.29, 1.82) is 0 Å². The number of nitrogens with one attached hydrogen (secondary N) is 2. The van der Waals surface area contributed by atoms with Gasteiger partial charge in [0, 0.05) is 6.54 Å². The zero-order valence-electron chi connectivity index (χ0n) is 14.5. The van der Waals surface area contributed by atoms with Crippen LogP contribution in [-0.4, -0.2) is 28.0 Å². The van der Waals surface area contributed by atoms with Gasteiger partial charge < -0.3 is 5.32 Å². The van der Waals surface area contributed by atoms with Gasteiger partial charge in [-0.15, -0.1) is 0 Å². The molecule has 3 amide bonds. The van der Waals surface area contributed by atoms with Crippen LogP contribution in [-0.2, 0) is 11.3 Å². The van der Waals surface area contributed by atoms with Gasteiger partial charge in [0.2, 0.25) is 5.91 Å². The number of para-hydroxylation sites is 1. The molecule has 0 unspecified atom stereocenters. The van der Waals surface area contributed by atoms with Gasteiger partial charge in [0.1, 0.15) is 6.54 Å². The highest BCUT2D eigenvalue weighted by Gasteiger charge is 2.11. The Hall–Kier alpha value is -2.96. The second-order valence-electron chi connectivity index (χ2n) is 6.36. The predicted octanol–water partition coefficient (Wildman–Crippen LogP) is 2.11. The molecule has 0 saturated carbocycles. The number of allylic oxidation sites excluding steroid dienone is 1. The molecular formula is C19H22N4O3. The van der Waals surface area contributed by atoms with Crippen molar-refractivity contribution in [1.82, 2.24) is 20.2 Å². The average Bonchev–Trinajstić information content (AvgIpc) is 2.65. The number of amides is 3. The van der Waals surface area contributed by atoms with E-state index in [4.69, 9.17) is 0 Å². The van der Waals surface area contributed by atoms with Crippen molar-refractivity contribution in [2.75, 3.05) is 6.54 Å². The Morgan fingerprint density at radius 2 is 2.04 bits per heavy atom. The van der Waals surface area contributed by atoms with Gasteiger partial charge >= 0.3 is 6.03 Å². The van der Waals surface area contributed by atoms with Gasteiger partial charge in [0.05, 0.1) is 17.2 Å². The molecule has 1 heterocycles. The highest BCUT2D eigenvalue weighted by Crippen LogP contribution is 2.19. The molecule has 0 fully saturated rings. The Morgan fingerprint density at radius 3 is 2.85 bits per heavy atom. The fourth-order valence-electron chi connectivity index (χ4n) is 3.05. The van der Waals surface area contributed by atoms with Crippen LogP contribution in [0.1, 0.15) is 32.1 Å². The van der Waals surface area contributed by atoms with E-state index in [0.29, 0.717) is 17.4 Å². The lowest BCUT2D eigenvalue weighted by molar-refractivity contribution is -0.120. The zero-order valence-corrected chi connectivity index (χ0v) is 14.5. The minimum Gasteiger partial charge on any atom is -0.337 e. The number of nitrogens with zero attached hydrogens (tertiary/aromatic N) is 2. The van der Waals surface area contributed by atoms with Gasteiger partial charge in [-0.1, -0.05) is 23.8 Å². The average molecular weight is 354 g/mol. The van der Waals surface area contributed by atoms with Crippen molar-refractivity contribution < 1.29 is 9.59 Å². The Labute approximate surface area is 151 Å². The second kappa shape index (κ2) is 8.42. The standard InChI is InChI=1S/C19H22N4O3/c24-17(22-19(26)20-11-10-14-6-2-1-3-7-14)12-23-13-21-16-9-5-4-8-15(16)18(23)25/h4-6,8-9,13H,1-3,7,10-12H2,(H2,20,22,24,26). The Balaban J connectivity index is 1.50. The van der Waals surface area contributed by atoms with Gasteiger partial charge in [-0.2, -0.15) is 0 Å². The number of hydrogen-bond donors (Lipinski definition) is 2. The molecule has 0 radical (unpaired) electrons. The molecule has 26 heavy (non-hydrogen) atoms. The summed E-state index contributed by atoms with van der Waals surface area (Å²) in [6, 6.07) is 6.38. The summed E-state index contributed by atoms with van der Waals surface area (Å²) in [7, 11) is 0. The Bertz CT molecular complexity index is 901. The van der Waals surface area contributed by atoms with Crippen molar-refractivity contribution >= 4 is 22.8 Å². The SMILES string of the molecule is O=C(Cn1cnc2ccccc2c1=O)NC(=O)NCCC1=CCCCC1. The van der Waals surface area contributed by atoms with E-state index in [1.54, 1.807) is 24.3 Å². The van der Waals surface area contributed by atoms with Gasteiger partial charge in [-0.25, -0.2) is 9.78 Å². The van der Waals surface area contributed by atoms with Crippen molar-refractivity contribution in [3.63, 3.8) is 0 Å². The summed E-state index contributed by atoms with van der Waals surface area (Å²) < 4.78 is 1.19. The quantitative estimate of drug-likeness (QED) is 0.804. The molecule has 1 aromatic carbocycles. The summed E-state index contributed by atoms with van der Waals surface area (Å²) in [6.45, 7) is 0.234. The van der Waals surface area contributed by atoms with E-state index in [9.17, 15) is 14.4 Å². The summed E-state index contributed by atoms with van der Waals surface area (Å²) >= 11 is 0. The van der Waals surface area contributed by atoms with E-state index in [1.807, 2.05) is 0 Å². The molecule has 7 heteroatoms. The highest BCUT2D eigenvalue weighted by atomic mass is 16.2. The third-order valence-electron chi connectivity index (χ3n) is 4.42. The predicted molar refractivity (Wildman–Crippen MR) is 98.7 cm³/mol. The van der Waals surface area contributed by atoms with Crippen LogP contribution in [0.25, 0.3) is 10.9 Å². The third-order valence-corrected chi connectivity index (χ3v) is 4.42. The molecule has 1 aliphatic rings. The first-order chi connectivity index (χ1) is 12.6. The lowest BCUT2D eigenvalue weighted by Gasteiger charge is -2.13. The topological polar surface area (TPSA) is 93.1 Å². The van der Waals surface area contributed by atoms with Crippen molar-refractivity contribution in [2.45, 2.75) is 38.6 Å². The van der Waals surface area contributed by atoms with Crippen LogP contribution in [0, 0.1) is 0 Å². The molecule has 136 valence electrons. The minimum atomic E-state index is -0.557. The summed E-state index contributed by atoms with van der Waals surface area (Å²) in [5.41, 5.74) is 1.62.